The molecule has 8 heteroatoms. The first-order valence-electron chi connectivity index (χ1n) is 8.12. The number of carbonyl (C=O) groups is 2. The summed E-state index contributed by atoms with van der Waals surface area (Å²) in [6.07, 6.45) is 2.72. The van der Waals surface area contributed by atoms with Gasteiger partial charge in [0.1, 0.15) is 17.6 Å². The second kappa shape index (κ2) is 5.47. The zero-order valence-corrected chi connectivity index (χ0v) is 13.7. The van der Waals surface area contributed by atoms with Crippen LogP contribution in [0.2, 0.25) is 0 Å². The van der Waals surface area contributed by atoms with Crippen LogP contribution in [-0.2, 0) is 11.8 Å². The van der Waals surface area contributed by atoms with Crippen molar-refractivity contribution in [2.24, 2.45) is 7.05 Å². The van der Waals surface area contributed by atoms with Gasteiger partial charge in [0.2, 0.25) is 0 Å². The Bertz CT molecular complexity index is 804. The Morgan fingerprint density at radius 3 is 2.79 bits per heavy atom. The molecular weight excluding hydrogens is 310 g/mol. The monoisotopic (exact) mass is 329 g/mol. The first-order valence-corrected chi connectivity index (χ1v) is 8.12. The number of anilines is 1. The van der Waals surface area contributed by atoms with Gasteiger partial charge in [0.25, 0.3) is 11.8 Å². The Balaban J connectivity index is 1.44. The standard InChI is InChI=1S/C16H19N5O3/c1-9-7-14(20(2)18-9)21-6-5-11(16(21)23)17-15(22)12-8-13(24-19-12)10-3-4-10/h7-8,10-11H,3-6H2,1-2H3,(H,17,22). The first-order chi connectivity index (χ1) is 11.5. The van der Waals surface area contributed by atoms with Gasteiger partial charge in [0, 0.05) is 31.6 Å². The smallest absolute Gasteiger partial charge is 0.274 e. The van der Waals surface area contributed by atoms with Crippen molar-refractivity contribution in [3.05, 3.63) is 29.3 Å². The van der Waals surface area contributed by atoms with Crippen molar-refractivity contribution in [1.82, 2.24) is 20.3 Å². The Labute approximate surface area is 138 Å². The lowest BCUT2D eigenvalue weighted by molar-refractivity contribution is -0.118. The van der Waals surface area contributed by atoms with Gasteiger partial charge in [-0.15, -0.1) is 0 Å². The minimum atomic E-state index is -0.547. The molecule has 126 valence electrons. The van der Waals surface area contributed by atoms with E-state index in [0.29, 0.717) is 18.9 Å². The molecule has 1 atom stereocenters. The summed E-state index contributed by atoms with van der Waals surface area (Å²) in [5.41, 5.74) is 1.09. The molecule has 0 bridgehead atoms. The molecule has 1 aliphatic heterocycles. The van der Waals surface area contributed by atoms with Gasteiger partial charge in [-0.25, -0.2) is 0 Å². The molecule has 2 fully saturated rings. The third kappa shape index (κ3) is 2.57. The van der Waals surface area contributed by atoms with Crippen molar-refractivity contribution in [2.45, 2.75) is 38.1 Å². The number of aryl methyl sites for hydroxylation is 2. The Kier molecular flexibility index (Phi) is 3.40. The maximum Gasteiger partial charge on any atom is 0.274 e. The second-order valence-electron chi connectivity index (χ2n) is 6.46. The topological polar surface area (TPSA) is 93.3 Å². The van der Waals surface area contributed by atoms with E-state index in [4.69, 9.17) is 4.52 Å². The van der Waals surface area contributed by atoms with Crippen LogP contribution in [0.25, 0.3) is 0 Å². The fourth-order valence-corrected chi connectivity index (χ4v) is 3.08. The molecule has 2 aliphatic rings. The van der Waals surface area contributed by atoms with Crippen LogP contribution in [0.5, 0.6) is 0 Å². The quantitative estimate of drug-likeness (QED) is 0.907. The molecular formula is C16H19N5O3. The second-order valence-corrected chi connectivity index (χ2v) is 6.46. The number of carbonyl (C=O) groups excluding carboxylic acids is 2. The molecule has 4 rings (SSSR count). The van der Waals surface area contributed by atoms with Crippen LogP contribution in [0.15, 0.2) is 16.7 Å². The highest BCUT2D eigenvalue weighted by atomic mass is 16.5. The molecule has 1 saturated heterocycles. The average molecular weight is 329 g/mol. The van der Waals surface area contributed by atoms with Crippen LogP contribution in [0.1, 0.15) is 47.1 Å². The Hall–Kier alpha value is -2.64. The normalized spacial score (nSPS) is 20.7. The number of rotatable bonds is 4. The number of nitrogens with zero attached hydrogens (tertiary/aromatic N) is 4. The van der Waals surface area contributed by atoms with Crippen molar-refractivity contribution < 1.29 is 14.1 Å². The van der Waals surface area contributed by atoms with E-state index in [0.717, 1.165) is 30.1 Å². The lowest BCUT2D eigenvalue weighted by atomic mass is 10.2. The van der Waals surface area contributed by atoms with Crippen LogP contribution >= 0.6 is 0 Å². The summed E-state index contributed by atoms with van der Waals surface area (Å²) in [5.74, 6) is 1.40. The van der Waals surface area contributed by atoms with E-state index < -0.39 is 6.04 Å². The molecule has 2 aromatic rings. The summed E-state index contributed by atoms with van der Waals surface area (Å²) in [6, 6.07) is 2.99. The highest BCUT2D eigenvalue weighted by Crippen LogP contribution is 2.40. The van der Waals surface area contributed by atoms with Crippen LogP contribution in [0, 0.1) is 6.92 Å². The lowest BCUT2D eigenvalue weighted by Gasteiger charge is -2.16. The molecule has 0 aromatic carbocycles. The van der Waals surface area contributed by atoms with Crippen molar-refractivity contribution in [3.63, 3.8) is 0 Å². The van der Waals surface area contributed by atoms with Crippen LogP contribution in [0.4, 0.5) is 5.82 Å². The third-order valence-electron chi connectivity index (χ3n) is 4.51. The molecule has 2 aromatic heterocycles. The number of nitrogens with one attached hydrogen (secondary N) is 1. The number of hydrogen-bond acceptors (Lipinski definition) is 5. The van der Waals surface area contributed by atoms with Gasteiger partial charge >= 0.3 is 0 Å². The highest BCUT2D eigenvalue weighted by Gasteiger charge is 2.36. The minimum absolute atomic E-state index is 0.128. The molecule has 2 amide bonds. The zero-order valence-electron chi connectivity index (χ0n) is 13.7. The lowest BCUT2D eigenvalue weighted by Crippen LogP contribution is -2.42. The molecule has 0 radical (unpaired) electrons. The van der Waals surface area contributed by atoms with E-state index in [1.807, 2.05) is 13.0 Å². The first kappa shape index (κ1) is 14.9. The van der Waals surface area contributed by atoms with E-state index in [1.54, 1.807) is 22.7 Å². The van der Waals surface area contributed by atoms with Gasteiger partial charge in [0.05, 0.1) is 5.69 Å². The SMILES string of the molecule is Cc1cc(N2CCC(NC(=O)c3cc(C4CC4)on3)C2=O)n(C)n1. The predicted octanol–water partition coefficient (Wildman–Crippen LogP) is 1.13. The fraction of sp³-hybridized carbons (Fsp3) is 0.500. The molecule has 3 heterocycles. The largest absolute Gasteiger partial charge is 0.360 e. The maximum atomic E-state index is 12.6. The van der Waals surface area contributed by atoms with Gasteiger partial charge in [-0.3, -0.25) is 19.2 Å². The summed E-state index contributed by atoms with van der Waals surface area (Å²) >= 11 is 0. The summed E-state index contributed by atoms with van der Waals surface area (Å²) < 4.78 is 6.87. The highest BCUT2D eigenvalue weighted by molar-refractivity contribution is 6.03. The molecule has 1 aliphatic carbocycles. The summed E-state index contributed by atoms with van der Waals surface area (Å²) in [5, 5.41) is 10.8. The molecule has 1 N–H and O–H groups in total. The molecule has 1 saturated carbocycles. The van der Waals surface area contributed by atoms with E-state index in [9.17, 15) is 9.59 Å². The maximum absolute atomic E-state index is 12.6. The van der Waals surface area contributed by atoms with Crippen molar-refractivity contribution in [3.8, 4) is 0 Å². The van der Waals surface area contributed by atoms with Crippen LogP contribution in [-0.4, -0.2) is 39.3 Å². The summed E-state index contributed by atoms with van der Waals surface area (Å²) in [4.78, 5) is 26.5. The molecule has 8 nitrogen and oxygen atoms in total. The Morgan fingerprint density at radius 2 is 2.12 bits per heavy atom. The van der Waals surface area contributed by atoms with E-state index in [1.165, 1.54) is 0 Å². The third-order valence-corrected chi connectivity index (χ3v) is 4.51. The minimum Gasteiger partial charge on any atom is -0.360 e. The van der Waals surface area contributed by atoms with Gasteiger partial charge in [-0.05, 0) is 26.2 Å². The summed E-state index contributed by atoms with van der Waals surface area (Å²) in [7, 11) is 1.80. The van der Waals surface area contributed by atoms with Crippen LogP contribution < -0.4 is 10.2 Å². The van der Waals surface area contributed by atoms with Gasteiger partial charge in [-0.1, -0.05) is 5.16 Å². The van der Waals surface area contributed by atoms with Gasteiger partial charge in [-0.2, -0.15) is 5.10 Å². The van der Waals surface area contributed by atoms with Crippen molar-refractivity contribution in [1.29, 1.82) is 0 Å². The fourth-order valence-electron chi connectivity index (χ4n) is 3.08. The summed E-state index contributed by atoms with van der Waals surface area (Å²) in [6.45, 7) is 2.43. The molecule has 0 spiro atoms. The van der Waals surface area contributed by atoms with Crippen molar-refractivity contribution in [2.75, 3.05) is 11.4 Å². The van der Waals surface area contributed by atoms with E-state index in [-0.39, 0.29) is 17.5 Å². The average Bonchev–Trinajstić information content (AvgIpc) is 3.02. The number of hydrogen-bond donors (Lipinski definition) is 1. The zero-order chi connectivity index (χ0) is 16.8. The molecule has 24 heavy (non-hydrogen) atoms. The Morgan fingerprint density at radius 1 is 1.33 bits per heavy atom. The van der Waals surface area contributed by atoms with Crippen LogP contribution in [0.3, 0.4) is 0 Å². The number of aromatic nitrogens is 3. The van der Waals surface area contributed by atoms with Gasteiger partial charge < -0.3 is 9.84 Å². The number of amides is 2. The molecule has 1 unspecified atom stereocenters. The van der Waals surface area contributed by atoms with E-state index >= 15 is 0 Å². The van der Waals surface area contributed by atoms with E-state index in [2.05, 4.69) is 15.6 Å². The predicted molar refractivity (Wildman–Crippen MR) is 84.6 cm³/mol. The van der Waals surface area contributed by atoms with Gasteiger partial charge in [0.15, 0.2) is 5.69 Å². The van der Waals surface area contributed by atoms with Crippen molar-refractivity contribution >= 4 is 17.6 Å².